The van der Waals surface area contributed by atoms with Crippen LogP contribution in [0.1, 0.15) is 84.8 Å². The quantitative estimate of drug-likeness (QED) is 0.300. The van der Waals surface area contributed by atoms with Crippen molar-refractivity contribution in [1.29, 1.82) is 0 Å². The first kappa shape index (κ1) is 23.1. The minimum Gasteiger partial charge on any atom is -0.363 e. The Bertz CT molecular complexity index is 711. The second-order valence-electron chi connectivity index (χ2n) is 8.77. The van der Waals surface area contributed by atoms with Crippen molar-refractivity contribution in [2.45, 2.75) is 90.0 Å². The van der Waals surface area contributed by atoms with Crippen molar-refractivity contribution in [3.05, 3.63) is 11.6 Å². The van der Waals surface area contributed by atoms with E-state index in [-0.39, 0.29) is 10.8 Å². The van der Waals surface area contributed by atoms with Crippen molar-refractivity contribution in [2.24, 2.45) is 0 Å². The molecule has 162 valence electrons. The molecule has 2 heterocycles. The van der Waals surface area contributed by atoms with Gasteiger partial charge in [0.25, 0.3) is 0 Å². The molecule has 0 saturated heterocycles. The van der Waals surface area contributed by atoms with Gasteiger partial charge in [-0.15, -0.1) is 10.2 Å². The number of aromatic nitrogens is 8. The number of nitrogens with zero attached hydrogens (tertiary/aromatic N) is 6. The van der Waals surface area contributed by atoms with Gasteiger partial charge < -0.3 is 10.6 Å². The first-order chi connectivity index (χ1) is 13.7. The highest BCUT2D eigenvalue weighted by atomic mass is 32.1. The van der Waals surface area contributed by atoms with E-state index in [4.69, 9.17) is 12.2 Å². The molecule has 1 unspecified atom stereocenters. The van der Waals surface area contributed by atoms with Crippen molar-refractivity contribution >= 4 is 17.3 Å². The Morgan fingerprint density at radius 2 is 1.52 bits per heavy atom. The minimum absolute atomic E-state index is 0.0631. The van der Waals surface area contributed by atoms with Crippen molar-refractivity contribution in [1.82, 2.24) is 51.9 Å². The highest BCUT2D eigenvalue weighted by molar-refractivity contribution is 7.80. The summed E-state index contributed by atoms with van der Waals surface area (Å²) in [6, 6.07) is 0.357. The monoisotopic (exact) mass is 422 g/mol. The molecule has 4 N–H and O–H groups in total. The lowest BCUT2D eigenvalue weighted by Crippen LogP contribution is -2.42. The average molecular weight is 423 g/mol. The molecule has 0 bridgehead atoms. The SMILES string of the molecule is CCC(CCCC(C)(C)c1nnn[nH]1)NC(=S)NCCCC(C)(C)c1nnn[nH]1. The highest BCUT2D eigenvalue weighted by Crippen LogP contribution is 2.26. The van der Waals surface area contributed by atoms with E-state index in [9.17, 15) is 0 Å². The zero-order valence-corrected chi connectivity index (χ0v) is 18.9. The van der Waals surface area contributed by atoms with E-state index >= 15 is 0 Å². The second kappa shape index (κ2) is 10.6. The zero-order valence-electron chi connectivity index (χ0n) is 18.1. The second-order valence-corrected chi connectivity index (χ2v) is 9.18. The van der Waals surface area contributed by atoms with Crippen LogP contribution >= 0.6 is 12.2 Å². The number of nitrogens with one attached hydrogen (secondary N) is 4. The van der Waals surface area contributed by atoms with E-state index < -0.39 is 0 Å². The molecular weight excluding hydrogens is 388 g/mol. The number of tetrazole rings is 2. The van der Waals surface area contributed by atoms with Gasteiger partial charge in [0.1, 0.15) is 0 Å². The Morgan fingerprint density at radius 1 is 0.966 bits per heavy atom. The van der Waals surface area contributed by atoms with E-state index in [0.29, 0.717) is 6.04 Å². The van der Waals surface area contributed by atoms with E-state index in [1.54, 1.807) is 0 Å². The van der Waals surface area contributed by atoms with Gasteiger partial charge in [-0.1, -0.05) is 41.0 Å². The molecule has 0 aliphatic carbocycles. The molecule has 10 nitrogen and oxygen atoms in total. The molecule has 2 aromatic heterocycles. The third kappa shape index (κ3) is 7.30. The van der Waals surface area contributed by atoms with Crippen LogP contribution in [-0.4, -0.2) is 58.9 Å². The first-order valence-corrected chi connectivity index (χ1v) is 10.7. The van der Waals surface area contributed by atoms with Gasteiger partial charge in [0.2, 0.25) is 0 Å². The lowest BCUT2D eigenvalue weighted by Gasteiger charge is -2.24. The summed E-state index contributed by atoms with van der Waals surface area (Å²) in [4.78, 5) is 0. The molecule has 0 spiro atoms. The third-order valence-electron chi connectivity index (χ3n) is 5.42. The van der Waals surface area contributed by atoms with E-state index in [2.05, 4.69) is 86.5 Å². The van der Waals surface area contributed by atoms with E-state index in [1.807, 2.05) is 0 Å². The maximum absolute atomic E-state index is 5.48. The summed E-state index contributed by atoms with van der Waals surface area (Å²) in [5.74, 6) is 1.65. The van der Waals surface area contributed by atoms with Crippen LogP contribution in [0.3, 0.4) is 0 Å². The zero-order chi connectivity index (χ0) is 21.3. The number of thiocarbonyl (C=S) groups is 1. The van der Waals surface area contributed by atoms with Crippen LogP contribution in [0.2, 0.25) is 0 Å². The molecule has 0 saturated carbocycles. The predicted molar refractivity (Wildman–Crippen MR) is 115 cm³/mol. The topological polar surface area (TPSA) is 133 Å². The van der Waals surface area contributed by atoms with Gasteiger partial charge in [0.15, 0.2) is 16.8 Å². The molecule has 0 aliphatic heterocycles. The molecular formula is C18H34N10S. The Balaban J connectivity index is 1.65. The van der Waals surface area contributed by atoms with Gasteiger partial charge in [-0.25, -0.2) is 10.2 Å². The summed E-state index contributed by atoms with van der Waals surface area (Å²) in [6.45, 7) is 11.6. The van der Waals surface area contributed by atoms with Gasteiger partial charge in [-0.2, -0.15) is 0 Å². The minimum atomic E-state index is -0.0853. The summed E-state index contributed by atoms with van der Waals surface area (Å²) >= 11 is 5.48. The van der Waals surface area contributed by atoms with Crippen molar-refractivity contribution in [2.75, 3.05) is 6.54 Å². The number of H-pyrrole nitrogens is 2. The average Bonchev–Trinajstić information content (AvgIpc) is 3.38. The van der Waals surface area contributed by atoms with Gasteiger partial charge in [-0.05, 0) is 65.2 Å². The molecule has 11 heteroatoms. The molecule has 2 rings (SSSR count). The van der Waals surface area contributed by atoms with E-state index in [1.165, 1.54) is 0 Å². The number of rotatable bonds is 12. The van der Waals surface area contributed by atoms with Crippen molar-refractivity contribution < 1.29 is 0 Å². The number of hydrogen-bond donors (Lipinski definition) is 4. The fourth-order valence-corrected chi connectivity index (χ4v) is 3.53. The normalized spacial score (nSPS) is 13.3. The van der Waals surface area contributed by atoms with Gasteiger partial charge in [0.05, 0.1) is 0 Å². The smallest absolute Gasteiger partial charge is 0.166 e. The third-order valence-corrected chi connectivity index (χ3v) is 5.68. The van der Waals surface area contributed by atoms with Crippen LogP contribution < -0.4 is 10.6 Å². The summed E-state index contributed by atoms with van der Waals surface area (Å²) in [5.41, 5.74) is -0.148. The van der Waals surface area contributed by atoms with Crippen LogP contribution in [0.5, 0.6) is 0 Å². The predicted octanol–water partition coefficient (Wildman–Crippen LogP) is 2.16. The number of hydrogen-bond acceptors (Lipinski definition) is 7. The molecule has 29 heavy (non-hydrogen) atoms. The fourth-order valence-electron chi connectivity index (χ4n) is 3.27. The van der Waals surface area contributed by atoms with Gasteiger partial charge >= 0.3 is 0 Å². The lowest BCUT2D eigenvalue weighted by molar-refractivity contribution is 0.403. The largest absolute Gasteiger partial charge is 0.363 e. The summed E-state index contributed by atoms with van der Waals surface area (Å²) in [6.07, 6.45) is 6.09. The van der Waals surface area contributed by atoms with Crippen LogP contribution in [0.25, 0.3) is 0 Å². The molecule has 0 radical (unpaired) electrons. The molecule has 1 atom stereocenters. The molecule has 0 aromatic carbocycles. The van der Waals surface area contributed by atoms with Crippen LogP contribution in [-0.2, 0) is 10.8 Å². The maximum Gasteiger partial charge on any atom is 0.166 e. The maximum atomic E-state index is 5.48. The van der Waals surface area contributed by atoms with Crippen LogP contribution in [0.4, 0.5) is 0 Å². The fraction of sp³-hybridized carbons (Fsp3) is 0.833. The summed E-state index contributed by atoms with van der Waals surface area (Å²) in [5, 5.41) is 36.0. The van der Waals surface area contributed by atoms with Crippen molar-refractivity contribution in [3.63, 3.8) is 0 Å². The van der Waals surface area contributed by atoms with E-state index in [0.717, 1.165) is 61.8 Å². The molecule has 0 aliphatic rings. The van der Waals surface area contributed by atoms with Crippen LogP contribution in [0, 0.1) is 0 Å². The Kier molecular flexibility index (Phi) is 8.42. The lowest BCUT2D eigenvalue weighted by atomic mass is 9.85. The highest BCUT2D eigenvalue weighted by Gasteiger charge is 2.25. The first-order valence-electron chi connectivity index (χ1n) is 10.3. The Hall–Kier alpha value is -2.17. The van der Waals surface area contributed by atoms with Gasteiger partial charge in [0, 0.05) is 23.4 Å². The van der Waals surface area contributed by atoms with Crippen molar-refractivity contribution in [3.8, 4) is 0 Å². The summed E-state index contributed by atoms with van der Waals surface area (Å²) in [7, 11) is 0. The molecule has 0 fully saturated rings. The summed E-state index contributed by atoms with van der Waals surface area (Å²) < 4.78 is 0. The molecule has 2 aromatic rings. The van der Waals surface area contributed by atoms with Gasteiger partial charge in [-0.3, -0.25) is 0 Å². The number of aromatic amines is 2. The van der Waals surface area contributed by atoms with Crippen LogP contribution in [0.15, 0.2) is 0 Å². The molecule has 0 amide bonds. The Labute approximate surface area is 177 Å². The Morgan fingerprint density at radius 3 is 2.00 bits per heavy atom. The standard InChI is InChI=1S/C18H34N10S/c1-6-13(9-7-10-17(2,3)14-21-25-26-22-14)20-16(29)19-12-8-11-18(4,5)15-23-27-28-24-15/h13H,6-12H2,1-5H3,(H2,19,20,29)(H,21,22,25,26)(H,23,24,27,28).